The fourth-order valence-corrected chi connectivity index (χ4v) is 4.51. The van der Waals surface area contributed by atoms with E-state index in [1.165, 1.54) is 16.9 Å². The maximum absolute atomic E-state index is 13.2. The first kappa shape index (κ1) is 19.6. The van der Waals surface area contributed by atoms with E-state index < -0.39 is 0 Å². The number of nitrogens with zero attached hydrogens (tertiary/aromatic N) is 2. The Balaban J connectivity index is 1.64. The number of para-hydroxylation sites is 1. The highest BCUT2D eigenvalue weighted by Crippen LogP contribution is 2.38. The molecule has 154 valence electrons. The summed E-state index contributed by atoms with van der Waals surface area (Å²) in [7, 11) is 1.71. The number of ether oxygens (including phenoxy) is 1. The summed E-state index contributed by atoms with van der Waals surface area (Å²) in [6, 6.07) is 16.9. The van der Waals surface area contributed by atoms with Gasteiger partial charge in [-0.2, -0.15) is 0 Å². The van der Waals surface area contributed by atoms with Crippen LogP contribution in [0.3, 0.4) is 0 Å². The number of anilines is 2. The molecule has 2 atom stereocenters. The normalized spacial score (nSPS) is 20.8. The fourth-order valence-electron chi connectivity index (χ4n) is 4.51. The lowest BCUT2D eigenvalue weighted by Gasteiger charge is -2.49. The molecule has 2 aromatic carbocycles. The highest BCUT2D eigenvalue weighted by molar-refractivity contribution is 5.82. The van der Waals surface area contributed by atoms with Crippen molar-refractivity contribution >= 4 is 17.3 Å². The first-order valence-electron chi connectivity index (χ1n) is 10.6. The van der Waals surface area contributed by atoms with E-state index in [0.717, 1.165) is 38.3 Å². The van der Waals surface area contributed by atoms with E-state index in [-0.39, 0.29) is 17.9 Å². The Morgan fingerprint density at radius 3 is 2.69 bits per heavy atom. The van der Waals surface area contributed by atoms with E-state index in [9.17, 15) is 4.79 Å². The number of fused-ring (bicyclic) bond motifs is 3. The van der Waals surface area contributed by atoms with E-state index in [1.807, 2.05) is 12.1 Å². The molecule has 0 radical (unpaired) electrons. The predicted molar refractivity (Wildman–Crippen MR) is 118 cm³/mol. The average molecular weight is 394 g/mol. The number of piperazine rings is 1. The van der Waals surface area contributed by atoms with Crippen LogP contribution in [0.5, 0.6) is 5.75 Å². The molecule has 29 heavy (non-hydrogen) atoms. The molecule has 0 spiro atoms. The predicted octanol–water partition coefficient (Wildman–Crippen LogP) is 3.33. The molecule has 5 nitrogen and oxygen atoms in total. The van der Waals surface area contributed by atoms with Crippen LogP contribution in [-0.2, 0) is 11.2 Å². The quantitative estimate of drug-likeness (QED) is 0.846. The molecule has 1 saturated heterocycles. The second kappa shape index (κ2) is 8.36. The van der Waals surface area contributed by atoms with Crippen molar-refractivity contribution in [1.82, 2.24) is 5.32 Å². The molecule has 0 unspecified atom stereocenters. The third-order valence-electron chi connectivity index (χ3n) is 6.07. The SMILES string of the molecule is COc1ccc2c(c1)N1CCN(c3ccccc3)C[C@H]1[C@H](C(=O)NCC(C)C)C2. The zero-order chi connectivity index (χ0) is 20.4. The molecule has 2 aliphatic rings. The highest BCUT2D eigenvalue weighted by Gasteiger charge is 2.41. The number of amides is 1. The molecule has 0 aromatic heterocycles. The van der Waals surface area contributed by atoms with Gasteiger partial charge in [-0.25, -0.2) is 0 Å². The number of rotatable bonds is 5. The molecule has 1 N–H and O–H groups in total. The molecule has 2 aliphatic heterocycles. The van der Waals surface area contributed by atoms with Gasteiger partial charge in [0.2, 0.25) is 5.91 Å². The minimum atomic E-state index is -0.0545. The van der Waals surface area contributed by atoms with Crippen molar-refractivity contribution in [2.24, 2.45) is 11.8 Å². The van der Waals surface area contributed by atoms with E-state index in [4.69, 9.17) is 4.74 Å². The minimum absolute atomic E-state index is 0.0545. The van der Waals surface area contributed by atoms with Crippen molar-refractivity contribution in [2.75, 3.05) is 43.1 Å². The Morgan fingerprint density at radius 1 is 1.17 bits per heavy atom. The molecule has 4 rings (SSSR count). The Kier molecular flexibility index (Phi) is 5.65. The van der Waals surface area contributed by atoms with Crippen LogP contribution in [0.1, 0.15) is 19.4 Å². The van der Waals surface area contributed by atoms with Crippen LogP contribution in [0.2, 0.25) is 0 Å². The molecule has 0 aliphatic carbocycles. The number of carbonyl (C=O) groups is 1. The Morgan fingerprint density at radius 2 is 1.97 bits per heavy atom. The van der Waals surface area contributed by atoms with Crippen molar-refractivity contribution in [1.29, 1.82) is 0 Å². The molecule has 1 fully saturated rings. The first-order valence-corrected chi connectivity index (χ1v) is 10.6. The van der Waals surface area contributed by atoms with Gasteiger partial charge in [0.05, 0.1) is 19.1 Å². The van der Waals surface area contributed by atoms with Gasteiger partial charge in [-0.15, -0.1) is 0 Å². The summed E-state index contributed by atoms with van der Waals surface area (Å²) in [5, 5.41) is 3.18. The van der Waals surface area contributed by atoms with Gasteiger partial charge in [0.25, 0.3) is 0 Å². The fraction of sp³-hybridized carbons (Fsp3) is 0.458. The smallest absolute Gasteiger partial charge is 0.225 e. The van der Waals surface area contributed by atoms with E-state index in [1.54, 1.807) is 7.11 Å². The van der Waals surface area contributed by atoms with E-state index in [2.05, 4.69) is 65.4 Å². The van der Waals surface area contributed by atoms with Gasteiger partial charge in [-0.1, -0.05) is 38.1 Å². The van der Waals surface area contributed by atoms with Crippen molar-refractivity contribution in [3.8, 4) is 5.75 Å². The summed E-state index contributed by atoms with van der Waals surface area (Å²) in [6.07, 6.45) is 0.771. The van der Waals surface area contributed by atoms with Crippen LogP contribution in [0.25, 0.3) is 0 Å². The standard InChI is InChI=1S/C24H31N3O2/c1-17(2)15-25-24(28)21-13-18-9-10-20(29-3)14-22(18)27-12-11-26(16-23(21)27)19-7-5-4-6-8-19/h4-10,14,17,21,23H,11-13,15-16H2,1-3H3,(H,25,28)/t21-,23+/m1/s1. The van der Waals surface area contributed by atoms with Gasteiger partial charge < -0.3 is 19.9 Å². The summed E-state index contributed by atoms with van der Waals surface area (Å²) >= 11 is 0. The minimum Gasteiger partial charge on any atom is -0.497 e. The maximum Gasteiger partial charge on any atom is 0.225 e. The van der Waals surface area contributed by atoms with Gasteiger partial charge in [-0.05, 0) is 36.1 Å². The zero-order valence-electron chi connectivity index (χ0n) is 17.6. The zero-order valence-corrected chi connectivity index (χ0v) is 17.6. The average Bonchev–Trinajstić information content (AvgIpc) is 2.76. The Hall–Kier alpha value is -2.69. The van der Waals surface area contributed by atoms with Crippen LogP contribution < -0.4 is 19.9 Å². The molecule has 0 bridgehead atoms. The molecular formula is C24H31N3O2. The lowest BCUT2D eigenvalue weighted by atomic mass is 9.83. The van der Waals surface area contributed by atoms with Gasteiger partial charge in [-0.3, -0.25) is 4.79 Å². The van der Waals surface area contributed by atoms with Crippen LogP contribution in [0, 0.1) is 11.8 Å². The van der Waals surface area contributed by atoms with Crippen molar-refractivity contribution < 1.29 is 9.53 Å². The maximum atomic E-state index is 13.2. The third-order valence-corrected chi connectivity index (χ3v) is 6.07. The van der Waals surface area contributed by atoms with Gasteiger partial charge in [0, 0.05) is 43.6 Å². The third kappa shape index (κ3) is 4.04. The number of hydrogen-bond acceptors (Lipinski definition) is 4. The Labute approximate surface area is 173 Å². The van der Waals surface area contributed by atoms with Gasteiger partial charge in [0.15, 0.2) is 0 Å². The van der Waals surface area contributed by atoms with Gasteiger partial charge in [0.1, 0.15) is 5.75 Å². The van der Waals surface area contributed by atoms with Crippen molar-refractivity contribution in [2.45, 2.75) is 26.3 Å². The van der Waals surface area contributed by atoms with E-state index in [0.29, 0.717) is 5.92 Å². The lowest BCUT2D eigenvalue weighted by Crippen LogP contribution is -2.61. The highest BCUT2D eigenvalue weighted by atomic mass is 16.5. The van der Waals surface area contributed by atoms with Crippen LogP contribution >= 0.6 is 0 Å². The second-order valence-electron chi connectivity index (χ2n) is 8.49. The summed E-state index contributed by atoms with van der Waals surface area (Å²) in [4.78, 5) is 18.0. The number of benzene rings is 2. The van der Waals surface area contributed by atoms with Gasteiger partial charge >= 0.3 is 0 Å². The summed E-state index contributed by atoms with van der Waals surface area (Å²) in [5.41, 5.74) is 3.68. The number of methoxy groups -OCH3 is 1. The monoisotopic (exact) mass is 393 g/mol. The Bertz CT molecular complexity index is 852. The lowest BCUT2D eigenvalue weighted by molar-refractivity contribution is -0.126. The molecular weight excluding hydrogens is 362 g/mol. The van der Waals surface area contributed by atoms with Crippen LogP contribution in [0.15, 0.2) is 48.5 Å². The molecule has 5 heteroatoms. The molecule has 1 amide bonds. The van der Waals surface area contributed by atoms with Crippen molar-refractivity contribution in [3.63, 3.8) is 0 Å². The number of nitrogens with one attached hydrogen (secondary N) is 1. The van der Waals surface area contributed by atoms with E-state index >= 15 is 0 Å². The summed E-state index contributed by atoms with van der Waals surface area (Å²) in [6.45, 7) is 7.67. The number of hydrogen-bond donors (Lipinski definition) is 1. The van der Waals surface area contributed by atoms with Crippen LogP contribution in [-0.4, -0.2) is 45.2 Å². The topological polar surface area (TPSA) is 44.8 Å². The second-order valence-corrected chi connectivity index (χ2v) is 8.49. The summed E-state index contributed by atoms with van der Waals surface area (Å²) in [5.74, 6) is 1.43. The summed E-state index contributed by atoms with van der Waals surface area (Å²) < 4.78 is 5.47. The van der Waals surface area contributed by atoms with Crippen molar-refractivity contribution in [3.05, 3.63) is 54.1 Å². The molecule has 0 saturated carbocycles. The largest absolute Gasteiger partial charge is 0.497 e. The van der Waals surface area contributed by atoms with Crippen LogP contribution in [0.4, 0.5) is 11.4 Å². The molecule has 2 aromatic rings. The molecule has 2 heterocycles. The number of carbonyl (C=O) groups excluding carboxylic acids is 1. The first-order chi connectivity index (χ1) is 14.1.